The third kappa shape index (κ3) is 5.84. The highest BCUT2D eigenvalue weighted by molar-refractivity contribution is 7.86. The average Bonchev–Trinajstić information content (AvgIpc) is 3.18. The largest absolute Gasteiger partial charge is 0.462 e. The average molecular weight is 567 g/mol. The van der Waals surface area contributed by atoms with Gasteiger partial charge in [-0.1, -0.05) is 48.1 Å². The Labute approximate surface area is 212 Å². The lowest BCUT2D eigenvalue weighted by Gasteiger charge is -2.28. The number of nitrogens with zero attached hydrogens (tertiary/aromatic N) is 1. The van der Waals surface area contributed by atoms with Crippen LogP contribution >= 0.6 is 0 Å². The van der Waals surface area contributed by atoms with Crippen LogP contribution in [0.5, 0.6) is 0 Å². The minimum absolute atomic E-state index is 0.0172. The number of carbonyl (C=O) groups is 1. The van der Waals surface area contributed by atoms with Gasteiger partial charge >= 0.3 is 34.1 Å². The van der Waals surface area contributed by atoms with Crippen LogP contribution in [0.2, 0.25) is 0 Å². The van der Waals surface area contributed by atoms with Gasteiger partial charge in [0.2, 0.25) is 0 Å². The quantitative estimate of drug-likeness (QED) is 0.0790. The van der Waals surface area contributed by atoms with Crippen molar-refractivity contribution in [2.24, 2.45) is 5.16 Å². The number of benzene rings is 2. The highest BCUT2D eigenvalue weighted by atomic mass is 32.2. The summed E-state index contributed by atoms with van der Waals surface area (Å²) < 4.78 is 129. The van der Waals surface area contributed by atoms with Crippen molar-refractivity contribution in [2.45, 2.75) is 37.8 Å². The lowest BCUT2D eigenvalue weighted by Crippen LogP contribution is -2.56. The molecule has 1 aliphatic rings. The van der Waals surface area contributed by atoms with Crippen LogP contribution in [0, 0.1) is 0 Å². The van der Waals surface area contributed by atoms with E-state index >= 15 is 0 Å². The van der Waals surface area contributed by atoms with E-state index in [2.05, 4.69) is 20.8 Å². The monoisotopic (exact) mass is 567 g/mol. The predicted octanol–water partition coefficient (Wildman–Crippen LogP) is 5.65. The molecule has 2 aromatic carbocycles. The number of hydrogen-bond acceptors (Lipinski definition) is 6. The van der Waals surface area contributed by atoms with Crippen molar-refractivity contribution in [3.8, 4) is 11.1 Å². The zero-order chi connectivity index (χ0) is 28.5. The fraction of sp³-hybridized carbons (Fsp3) is 0.333. The third-order valence-corrected chi connectivity index (χ3v) is 6.57. The maximum Gasteiger partial charge on any atom is 0.460 e. The Bertz CT molecular complexity index is 1380. The second kappa shape index (κ2) is 10.4. The first-order valence-electron chi connectivity index (χ1n) is 10.8. The summed E-state index contributed by atoms with van der Waals surface area (Å²) in [4.78, 5) is 11.3. The van der Waals surface area contributed by atoms with Crippen molar-refractivity contribution in [3.63, 3.8) is 0 Å². The first kappa shape index (κ1) is 29.1. The molecule has 0 bridgehead atoms. The second-order valence-corrected chi connectivity index (χ2v) is 10.1. The summed E-state index contributed by atoms with van der Waals surface area (Å²) >= 11 is 0. The van der Waals surface area contributed by atoms with Gasteiger partial charge in [0.15, 0.2) is 5.71 Å². The van der Waals surface area contributed by atoms with Gasteiger partial charge in [-0.2, -0.15) is 39.2 Å². The molecule has 0 fully saturated rings. The molecule has 0 heterocycles. The molecular formula is C24H20F7NO5S. The molecule has 0 unspecified atom stereocenters. The van der Waals surface area contributed by atoms with Crippen LogP contribution in [-0.2, 0) is 30.4 Å². The third-order valence-electron chi connectivity index (χ3n) is 5.48. The first-order valence-corrected chi connectivity index (χ1v) is 12.4. The van der Waals surface area contributed by atoms with Crippen molar-refractivity contribution >= 4 is 21.8 Å². The highest BCUT2D eigenvalue weighted by Gasteiger charge is 2.75. The Balaban J connectivity index is 1.95. The molecule has 2 aromatic rings. The maximum atomic E-state index is 14.8. The van der Waals surface area contributed by atoms with Gasteiger partial charge in [0.1, 0.15) is 0 Å². The van der Waals surface area contributed by atoms with Crippen LogP contribution in [0.4, 0.5) is 30.7 Å². The highest BCUT2D eigenvalue weighted by Crippen LogP contribution is 2.48. The molecule has 0 N–H and O–H groups in total. The predicted molar refractivity (Wildman–Crippen MR) is 122 cm³/mol. The summed E-state index contributed by atoms with van der Waals surface area (Å²) in [5, 5.41) is 2.61. The summed E-state index contributed by atoms with van der Waals surface area (Å²) in [6.07, 6.45) is -6.95. The Morgan fingerprint density at radius 3 is 2.26 bits per heavy atom. The van der Waals surface area contributed by atoms with Crippen molar-refractivity contribution < 1.29 is 53.0 Å². The van der Waals surface area contributed by atoms with Crippen molar-refractivity contribution in [1.82, 2.24) is 0 Å². The molecule has 0 atom stereocenters. The number of hydrogen-bond donors (Lipinski definition) is 0. The van der Waals surface area contributed by atoms with E-state index in [1.54, 1.807) is 24.3 Å². The number of oxime groups is 1. The Kier molecular flexibility index (Phi) is 7.97. The molecule has 0 spiro atoms. The molecule has 6 nitrogen and oxygen atoms in total. The van der Waals surface area contributed by atoms with E-state index in [-0.39, 0.29) is 12.0 Å². The summed E-state index contributed by atoms with van der Waals surface area (Å²) in [5.41, 5.74) is -0.768. The lowest BCUT2D eigenvalue weighted by molar-refractivity contribution is -0.336. The minimum Gasteiger partial charge on any atom is -0.462 e. The molecular weight excluding hydrogens is 547 g/mol. The van der Waals surface area contributed by atoms with Gasteiger partial charge in [0, 0.05) is 11.1 Å². The fourth-order valence-corrected chi connectivity index (χ4v) is 4.30. The Morgan fingerprint density at radius 1 is 1.00 bits per heavy atom. The number of esters is 1. The number of rotatable bonds is 10. The zero-order valence-electron chi connectivity index (χ0n) is 19.6. The molecule has 38 heavy (non-hydrogen) atoms. The normalized spacial score (nSPS) is 14.1. The standard InChI is InChI=1S/C24H20F7NO5S/c1-14(2)21(33)36-10-5-11-38(34,35)37-32-20(22(25,26)23(27,28)24(29,30)31)16-8-9-19-17(13-16)12-15-6-3-4-7-18(15)19/h3-4,6-9,13H,1,5,10-12H2,2H3. The number of alkyl halides is 7. The fourth-order valence-electron chi connectivity index (χ4n) is 3.57. The molecule has 0 saturated heterocycles. The van der Waals surface area contributed by atoms with Crippen LogP contribution in [0.1, 0.15) is 30.0 Å². The zero-order valence-corrected chi connectivity index (χ0v) is 20.4. The Hall–Kier alpha value is -3.42. The summed E-state index contributed by atoms with van der Waals surface area (Å²) in [7, 11) is -4.86. The van der Waals surface area contributed by atoms with E-state index in [1.165, 1.54) is 13.0 Å². The first-order chi connectivity index (χ1) is 17.5. The van der Waals surface area contributed by atoms with E-state index in [0.29, 0.717) is 16.7 Å². The molecule has 0 aliphatic heterocycles. The van der Waals surface area contributed by atoms with Gasteiger partial charge in [-0.05, 0) is 48.1 Å². The molecule has 14 heteroatoms. The molecule has 3 rings (SSSR count). The van der Waals surface area contributed by atoms with Gasteiger partial charge in [-0.3, -0.25) is 4.28 Å². The van der Waals surface area contributed by atoms with Gasteiger partial charge < -0.3 is 4.74 Å². The summed E-state index contributed by atoms with van der Waals surface area (Å²) in [6.45, 7) is 4.17. The molecule has 0 saturated carbocycles. The summed E-state index contributed by atoms with van der Waals surface area (Å²) in [5.74, 6) is -14.5. The van der Waals surface area contributed by atoms with E-state index in [9.17, 15) is 43.9 Å². The number of halogens is 7. The minimum atomic E-state index is -6.70. The van der Waals surface area contributed by atoms with E-state index in [4.69, 9.17) is 0 Å². The summed E-state index contributed by atoms with van der Waals surface area (Å²) in [6, 6.07) is 9.83. The van der Waals surface area contributed by atoms with E-state index < -0.39 is 64.2 Å². The van der Waals surface area contributed by atoms with Gasteiger partial charge in [-0.15, -0.1) is 0 Å². The molecule has 0 amide bonds. The molecule has 0 aromatic heterocycles. The van der Waals surface area contributed by atoms with Gasteiger partial charge in [0.05, 0.1) is 12.4 Å². The van der Waals surface area contributed by atoms with Crippen molar-refractivity contribution in [3.05, 3.63) is 71.3 Å². The smallest absolute Gasteiger partial charge is 0.460 e. The Morgan fingerprint density at radius 2 is 1.63 bits per heavy atom. The van der Waals surface area contributed by atoms with Crippen LogP contribution in [0.3, 0.4) is 0 Å². The van der Waals surface area contributed by atoms with Gasteiger partial charge in [0.25, 0.3) is 0 Å². The molecule has 206 valence electrons. The SMILES string of the molecule is C=C(C)C(=O)OCCCS(=O)(=O)ON=C(c1ccc2c(c1)Cc1ccccc1-2)C(F)(F)C(F)(F)C(F)(F)F. The lowest BCUT2D eigenvalue weighted by atomic mass is 9.95. The van der Waals surface area contributed by atoms with Crippen LogP contribution < -0.4 is 0 Å². The number of fused-ring (bicyclic) bond motifs is 3. The van der Waals surface area contributed by atoms with Crippen molar-refractivity contribution in [1.29, 1.82) is 0 Å². The molecule has 0 radical (unpaired) electrons. The van der Waals surface area contributed by atoms with Crippen LogP contribution in [0.15, 0.2) is 59.8 Å². The van der Waals surface area contributed by atoms with Gasteiger partial charge in [-0.25, -0.2) is 4.79 Å². The van der Waals surface area contributed by atoms with Crippen LogP contribution in [-0.4, -0.2) is 50.5 Å². The van der Waals surface area contributed by atoms with E-state index in [0.717, 1.165) is 17.7 Å². The number of ether oxygens (including phenoxy) is 1. The van der Waals surface area contributed by atoms with Crippen LogP contribution in [0.25, 0.3) is 11.1 Å². The number of carbonyl (C=O) groups excluding carboxylic acids is 1. The maximum absolute atomic E-state index is 14.8. The second-order valence-electron chi connectivity index (χ2n) is 8.40. The van der Waals surface area contributed by atoms with Crippen molar-refractivity contribution in [2.75, 3.05) is 12.4 Å². The molecule has 1 aliphatic carbocycles. The van der Waals surface area contributed by atoms with E-state index in [1.807, 2.05) is 0 Å². The topological polar surface area (TPSA) is 82.0 Å².